The van der Waals surface area contributed by atoms with Gasteiger partial charge in [0.05, 0.1) is 6.61 Å². The van der Waals surface area contributed by atoms with E-state index in [0.29, 0.717) is 18.0 Å². The molecule has 0 bridgehead atoms. The second kappa shape index (κ2) is 8.67. The van der Waals surface area contributed by atoms with E-state index in [4.69, 9.17) is 9.47 Å². The van der Waals surface area contributed by atoms with E-state index >= 15 is 0 Å². The number of benzene rings is 1. The normalized spacial score (nSPS) is 15.3. The Bertz CT molecular complexity index is 775. The molecule has 1 saturated carbocycles. The Morgan fingerprint density at radius 3 is 2.39 bits per heavy atom. The lowest BCUT2D eigenvalue weighted by Gasteiger charge is -2.25. The molecule has 1 aromatic heterocycles. The molecule has 8 heteroatoms. The summed E-state index contributed by atoms with van der Waals surface area (Å²) in [5, 5.41) is 0. The van der Waals surface area contributed by atoms with Gasteiger partial charge in [-0.2, -0.15) is 18.2 Å². The number of rotatable bonds is 6. The molecule has 1 fully saturated rings. The predicted molar refractivity (Wildman–Crippen MR) is 100 cm³/mol. The lowest BCUT2D eigenvalue weighted by molar-refractivity contribution is -0.137. The van der Waals surface area contributed by atoms with Crippen molar-refractivity contribution >= 4 is 11.5 Å². The fourth-order valence-electron chi connectivity index (χ4n) is 3.26. The molecule has 0 spiro atoms. The summed E-state index contributed by atoms with van der Waals surface area (Å²) in [5.74, 6) is 0.414. The summed E-state index contributed by atoms with van der Waals surface area (Å²) >= 11 is 0. The topological polar surface area (TPSA) is 47.5 Å². The van der Waals surface area contributed by atoms with E-state index in [1.807, 2.05) is 6.92 Å². The molecule has 0 saturated heterocycles. The fraction of sp³-hybridized carbons (Fsp3) is 0.500. The van der Waals surface area contributed by atoms with Crippen LogP contribution >= 0.6 is 0 Å². The number of ether oxygens (including phenoxy) is 2. The molecule has 3 rings (SSSR count). The first-order chi connectivity index (χ1) is 13.4. The molecule has 5 nitrogen and oxygen atoms in total. The predicted octanol–water partition coefficient (Wildman–Crippen LogP) is 5.37. The molecular formula is C20H24F3N3O2. The van der Waals surface area contributed by atoms with E-state index in [9.17, 15) is 13.2 Å². The molecule has 0 amide bonds. The molecule has 1 aliphatic carbocycles. The maximum absolute atomic E-state index is 13.5. The van der Waals surface area contributed by atoms with Crippen molar-refractivity contribution in [2.24, 2.45) is 0 Å². The zero-order valence-corrected chi connectivity index (χ0v) is 16.0. The van der Waals surface area contributed by atoms with Crippen molar-refractivity contribution in [2.75, 3.05) is 18.6 Å². The first kappa shape index (κ1) is 20.2. The highest BCUT2D eigenvalue weighted by Gasteiger charge is 2.37. The maximum Gasteiger partial charge on any atom is 0.421 e. The number of aromatic nitrogens is 2. The first-order valence-electron chi connectivity index (χ1n) is 9.46. The van der Waals surface area contributed by atoms with Crippen molar-refractivity contribution < 1.29 is 22.6 Å². The van der Waals surface area contributed by atoms with Crippen molar-refractivity contribution in [3.8, 4) is 11.8 Å². The van der Waals surface area contributed by atoms with Gasteiger partial charge in [-0.3, -0.25) is 0 Å². The van der Waals surface area contributed by atoms with Crippen LogP contribution < -0.4 is 14.4 Å². The summed E-state index contributed by atoms with van der Waals surface area (Å²) in [7, 11) is 1.54. The molecule has 152 valence electrons. The van der Waals surface area contributed by atoms with Crippen LogP contribution in [-0.2, 0) is 6.18 Å². The number of alkyl halides is 3. The molecular weight excluding hydrogens is 371 g/mol. The Kier molecular flexibility index (Phi) is 6.26. The van der Waals surface area contributed by atoms with Gasteiger partial charge >= 0.3 is 12.2 Å². The van der Waals surface area contributed by atoms with Crippen LogP contribution in [0, 0.1) is 0 Å². The van der Waals surface area contributed by atoms with Gasteiger partial charge in [-0.05, 0) is 56.9 Å². The van der Waals surface area contributed by atoms with Gasteiger partial charge in [0.1, 0.15) is 17.4 Å². The van der Waals surface area contributed by atoms with E-state index in [-0.39, 0.29) is 17.9 Å². The van der Waals surface area contributed by atoms with Gasteiger partial charge in [-0.15, -0.1) is 0 Å². The molecule has 0 atom stereocenters. The van der Waals surface area contributed by atoms with Crippen LogP contribution in [0.25, 0.3) is 0 Å². The minimum atomic E-state index is -4.57. The smallest absolute Gasteiger partial charge is 0.421 e. The van der Waals surface area contributed by atoms with Gasteiger partial charge in [0.15, 0.2) is 5.82 Å². The standard InChI is InChI=1S/C20H24F3N3O2/c1-3-27-15-11-9-14(10-12-15)26(2)18-17(20(21,22)23)13-24-19(25-18)28-16-7-5-4-6-8-16/h9-13,16H,3-8H2,1-2H3. The van der Waals surface area contributed by atoms with E-state index in [1.54, 1.807) is 24.3 Å². The van der Waals surface area contributed by atoms with Crippen molar-refractivity contribution in [3.05, 3.63) is 36.0 Å². The summed E-state index contributed by atoms with van der Waals surface area (Å²) in [6, 6.07) is 6.78. The molecule has 1 heterocycles. The molecule has 2 aromatic rings. The number of anilines is 2. The summed E-state index contributed by atoms with van der Waals surface area (Å²) in [4.78, 5) is 9.31. The third-order valence-electron chi connectivity index (χ3n) is 4.73. The van der Waals surface area contributed by atoms with E-state index in [1.165, 1.54) is 11.9 Å². The minimum Gasteiger partial charge on any atom is -0.494 e. The summed E-state index contributed by atoms with van der Waals surface area (Å²) in [6.45, 7) is 2.38. The van der Waals surface area contributed by atoms with Crippen LogP contribution in [-0.4, -0.2) is 29.7 Å². The Labute approximate surface area is 162 Å². The lowest BCUT2D eigenvalue weighted by atomic mass is 9.98. The minimum absolute atomic E-state index is 0.0207. The molecule has 0 N–H and O–H groups in total. The number of hydrogen-bond donors (Lipinski definition) is 0. The fourth-order valence-corrected chi connectivity index (χ4v) is 3.26. The van der Waals surface area contributed by atoms with Gasteiger partial charge in [0.25, 0.3) is 0 Å². The number of nitrogens with zero attached hydrogens (tertiary/aromatic N) is 3. The van der Waals surface area contributed by atoms with Crippen molar-refractivity contribution in [1.29, 1.82) is 0 Å². The van der Waals surface area contributed by atoms with Crippen LogP contribution in [0.5, 0.6) is 11.8 Å². The Morgan fingerprint density at radius 2 is 1.79 bits per heavy atom. The monoisotopic (exact) mass is 395 g/mol. The molecule has 1 aromatic carbocycles. The number of halogens is 3. The average Bonchev–Trinajstić information content (AvgIpc) is 2.68. The van der Waals surface area contributed by atoms with Crippen molar-refractivity contribution in [2.45, 2.75) is 51.3 Å². The third kappa shape index (κ3) is 4.85. The van der Waals surface area contributed by atoms with Crippen LogP contribution in [0.15, 0.2) is 30.5 Å². The average molecular weight is 395 g/mol. The number of hydrogen-bond acceptors (Lipinski definition) is 5. The van der Waals surface area contributed by atoms with Crippen LogP contribution in [0.1, 0.15) is 44.6 Å². The SMILES string of the molecule is CCOc1ccc(N(C)c2nc(OC3CCCCC3)ncc2C(F)(F)F)cc1. The van der Waals surface area contributed by atoms with Crippen molar-refractivity contribution in [3.63, 3.8) is 0 Å². The maximum atomic E-state index is 13.5. The lowest BCUT2D eigenvalue weighted by Crippen LogP contribution is -2.23. The zero-order valence-electron chi connectivity index (χ0n) is 16.0. The van der Waals surface area contributed by atoms with E-state index in [2.05, 4.69) is 9.97 Å². The largest absolute Gasteiger partial charge is 0.494 e. The molecule has 0 unspecified atom stereocenters. The van der Waals surface area contributed by atoms with Gasteiger partial charge in [-0.25, -0.2) is 4.98 Å². The van der Waals surface area contributed by atoms with Gasteiger partial charge in [-0.1, -0.05) is 6.42 Å². The Balaban J connectivity index is 1.89. The second-order valence-electron chi connectivity index (χ2n) is 6.75. The van der Waals surface area contributed by atoms with Crippen LogP contribution in [0.2, 0.25) is 0 Å². The van der Waals surface area contributed by atoms with E-state index < -0.39 is 11.7 Å². The second-order valence-corrected chi connectivity index (χ2v) is 6.75. The molecule has 28 heavy (non-hydrogen) atoms. The summed E-state index contributed by atoms with van der Waals surface area (Å²) < 4.78 is 51.7. The molecule has 0 radical (unpaired) electrons. The van der Waals surface area contributed by atoms with Crippen LogP contribution in [0.3, 0.4) is 0 Å². The highest BCUT2D eigenvalue weighted by molar-refractivity contribution is 5.63. The van der Waals surface area contributed by atoms with Gasteiger partial charge in [0.2, 0.25) is 0 Å². The quantitative estimate of drug-likeness (QED) is 0.658. The zero-order chi connectivity index (χ0) is 20.1. The Morgan fingerprint density at radius 1 is 1.11 bits per heavy atom. The highest BCUT2D eigenvalue weighted by Crippen LogP contribution is 2.38. The molecule has 1 aliphatic rings. The van der Waals surface area contributed by atoms with E-state index in [0.717, 1.165) is 38.3 Å². The van der Waals surface area contributed by atoms with Crippen LogP contribution in [0.4, 0.5) is 24.7 Å². The van der Waals surface area contributed by atoms with Gasteiger partial charge in [0, 0.05) is 18.9 Å². The Hall–Kier alpha value is -2.51. The summed E-state index contributed by atoms with van der Waals surface area (Å²) in [5.41, 5.74) is -0.351. The first-order valence-corrected chi connectivity index (χ1v) is 9.46. The highest BCUT2D eigenvalue weighted by atomic mass is 19.4. The summed E-state index contributed by atoms with van der Waals surface area (Å²) in [6.07, 6.45) is 1.16. The molecule has 0 aliphatic heterocycles. The third-order valence-corrected chi connectivity index (χ3v) is 4.73. The van der Waals surface area contributed by atoms with Crippen molar-refractivity contribution in [1.82, 2.24) is 9.97 Å². The van der Waals surface area contributed by atoms with Gasteiger partial charge < -0.3 is 14.4 Å².